The molecule has 2 atom stereocenters. The summed E-state index contributed by atoms with van der Waals surface area (Å²) in [5.41, 5.74) is 0. The molecule has 1 amide bonds. The summed E-state index contributed by atoms with van der Waals surface area (Å²) in [5, 5.41) is 23.2. The largest absolute Gasteiger partial charge is 0.466 e. The highest BCUT2D eigenvalue weighted by molar-refractivity contribution is 5.76. The van der Waals surface area contributed by atoms with Crippen molar-refractivity contribution in [1.29, 1.82) is 0 Å². The number of hydrogen-bond donors (Lipinski definition) is 3. The number of esters is 1. The summed E-state index contributed by atoms with van der Waals surface area (Å²) in [4.78, 5) is 24.5. The molecule has 0 saturated heterocycles. The van der Waals surface area contributed by atoms with Crippen molar-refractivity contribution in [2.45, 2.75) is 328 Å². The number of aliphatic hydroxyl groups excluding tert-OH is 2. The van der Waals surface area contributed by atoms with Gasteiger partial charge >= 0.3 is 5.97 Å². The molecule has 0 aliphatic rings. The Hall–Kier alpha value is -1.14. The number of nitrogens with one attached hydrogen (secondary N) is 1. The van der Waals surface area contributed by atoms with Crippen molar-refractivity contribution in [3.63, 3.8) is 0 Å². The molecular formula is C55H109NO5. The molecule has 0 aromatic carbocycles. The maximum Gasteiger partial charge on any atom is 0.305 e. The van der Waals surface area contributed by atoms with E-state index in [1.807, 2.05) is 0 Å². The Morgan fingerprint density at radius 3 is 1.00 bits per heavy atom. The second-order valence-corrected chi connectivity index (χ2v) is 19.3. The molecule has 6 heteroatoms. The Labute approximate surface area is 381 Å². The predicted octanol–water partition coefficient (Wildman–Crippen LogP) is 16.7. The van der Waals surface area contributed by atoms with Gasteiger partial charge in [-0.1, -0.05) is 277 Å². The standard InChI is InChI=1S/C55H109NO5/c1-3-5-7-9-11-13-15-17-18-19-20-21-25-29-33-37-41-45-49-55(60)61-50-46-42-38-34-30-26-23-22-24-28-32-36-40-44-48-54(59)56-52(51-57)53(58)47-43-39-35-31-27-16-14-12-10-8-6-4-2/h52-53,57-58H,3-51H2,1-2H3,(H,56,59). The smallest absolute Gasteiger partial charge is 0.305 e. The van der Waals surface area contributed by atoms with Crippen molar-refractivity contribution in [1.82, 2.24) is 5.32 Å². The van der Waals surface area contributed by atoms with Gasteiger partial charge in [0.2, 0.25) is 5.91 Å². The van der Waals surface area contributed by atoms with Crippen molar-refractivity contribution < 1.29 is 24.5 Å². The van der Waals surface area contributed by atoms with E-state index in [-0.39, 0.29) is 18.5 Å². The molecule has 0 fully saturated rings. The van der Waals surface area contributed by atoms with Crippen molar-refractivity contribution in [2.75, 3.05) is 13.2 Å². The molecule has 0 radical (unpaired) electrons. The third-order valence-electron chi connectivity index (χ3n) is 13.2. The number of hydrogen-bond acceptors (Lipinski definition) is 5. The van der Waals surface area contributed by atoms with Gasteiger partial charge in [0.1, 0.15) is 0 Å². The number of ether oxygens (including phenoxy) is 1. The first-order chi connectivity index (χ1) is 30.0. The molecular weight excluding hydrogens is 755 g/mol. The minimum absolute atomic E-state index is 0.00286. The van der Waals surface area contributed by atoms with Gasteiger partial charge in [-0.2, -0.15) is 0 Å². The number of unbranched alkanes of at least 4 members (excludes halogenated alkanes) is 41. The second kappa shape index (κ2) is 51.5. The maximum atomic E-state index is 12.4. The Kier molecular flexibility index (Phi) is 50.5. The SMILES string of the molecule is CCCCCCCCCCCCCCCCCCCCC(=O)OCCCCCCCCCCCCCCCCC(=O)NC(CO)C(O)CCCCCCCCCCCCCC. The highest BCUT2D eigenvalue weighted by Gasteiger charge is 2.20. The van der Waals surface area contributed by atoms with Gasteiger partial charge < -0.3 is 20.3 Å². The van der Waals surface area contributed by atoms with Crippen LogP contribution >= 0.6 is 0 Å². The zero-order valence-corrected chi connectivity index (χ0v) is 41.4. The molecule has 364 valence electrons. The highest BCUT2D eigenvalue weighted by Crippen LogP contribution is 2.18. The van der Waals surface area contributed by atoms with Crippen LogP contribution in [0, 0.1) is 0 Å². The molecule has 0 aliphatic heterocycles. The Morgan fingerprint density at radius 1 is 0.393 bits per heavy atom. The normalized spacial score (nSPS) is 12.5. The summed E-state index contributed by atoms with van der Waals surface area (Å²) in [7, 11) is 0. The molecule has 0 heterocycles. The zero-order valence-electron chi connectivity index (χ0n) is 41.4. The quantitative estimate of drug-likeness (QED) is 0.0418. The van der Waals surface area contributed by atoms with Gasteiger partial charge in [-0.05, 0) is 25.7 Å². The maximum absolute atomic E-state index is 12.4. The molecule has 0 aromatic rings. The van der Waals surface area contributed by atoms with E-state index in [0.717, 1.165) is 51.4 Å². The molecule has 0 saturated carbocycles. The van der Waals surface area contributed by atoms with Gasteiger partial charge in [0, 0.05) is 12.8 Å². The second-order valence-electron chi connectivity index (χ2n) is 19.3. The summed E-state index contributed by atoms with van der Waals surface area (Å²) >= 11 is 0. The molecule has 2 unspecified atom stereocenters. The first-order valence-corrected chi connectivity index (χ1v) is 27.8. The van der Waals surface area contributed by atoms with Gasteiger partial charge in [0.25, 0.3) is 0 Å². The third-order valence-corrected chi connectivity index (χ3v) is 13.2. The van der Waals surface area contributed by atoms with E-state index in [1.165, 1.54) is 231 Å². The van der Waals surface area contributed by atoms with Crippen LogP contribution in [0.5, 0.6) is 0 Å². The van der Waals surface area contributed by atoms with Gasteiger partial charge in [-0.3, -0.25) is 9.59 Å². The van der Waals surface area contributed by atoms with Crippen molar-refractivity contribution in [3.05, 3.63) is 0 Å². The first-order valence-electron chi connectivity index (χ1n) is 27.8. The number of carbonyl (C=O) groups is 2. The average Bonchev–Trinajstić information content (AvgIpc) is 3.26. The van der Waals surface area contributed by atoms with Crippen LogP contribution in [0.4, 0.5) is 0 Å². The molecule has 0 bridgehead atoms. The fourth-order valence-electron chi connectivity index (χ4n) is 8.88. The van der Waals surface area contributed by atoms with E-state index < -0.39 is 12.1 Å². The lowest BCUT2D eigenvalue weighted by atomic mass is 10.0. The van der Waals surface area contributed by atoms with Crippen molar-refractivity contribution >= 4 is 11.9 Å². The van der Waals surface area contributed by atoms with E-state index >= 15 is 0 Å². The monoisotopic (exact) mass is 864 g/mol. The van der Waals surface area contributed by atoms with E-state index in [1.54, 1.807) is 0 Å². The van der Waals surface area contributed by atoms with Gasteiger partial charge in [-0.25, -0.2) is 0 Å². The number of rotatable bonds is 52. The van der Waals surface area contributed by atoms with Crippen LogP contribution < -0.4 is 5.32 Å². The Bertz CT molecular complexity index is 867. The number of amides is 1. The van der Waals surface area contributed by atoms with Gasteiger partial charge in [0.05, 0.1) is 25.4 Å². The van der Waals surface area contributed by atoms with Crippen LogP contribution in [0.25, 0.3) is 0 Å². The first kappa shape index (κ1) is 59.9. The molecule has 0 spiro atoms. The highest BCUT2D eigenvalue weighted by atomic mass is 16.5. The molecule has 0 aromatic heterocycles. The third kappa shape index (κ3) is 48.2. The van der Waals surface area contributed by atoms with Gasteiger partial charge in [0.15, 0.2) is 0 Å². The molecule has 0 aliphatic carbocycles. The van der Waals surface area contributed by atoms with Crippen LogP contribution in [0.15, 0.2) is 0 Å². The average molecular weight is 864 g/mol. The Balaban J connectivity index is 3.39. The van der Waals surface area contributed by atoms with Crippen molar-refractivity contribution in [3.8, 4) is 0 Å². The lowest BCUT2D eigenvalue weighted by Crippen LogP contribution is -2.45. The Morgan fingerprint density at radius 2 is 0.672 bits per heavy atom. The van der Waals surface area contributed by atoms with Crippen molar-refractivity contribution in [2.24, 2.45) is 0 Å². The fraction of sp³-hybridized carbons (Fsp3) is 0.964. The van der Waals surface area contributed by atoms with Crippen LogP contribution in [-0.4, -0.2) is 47.4 Å². The molecule has 0 rings (SSSR count). The minimum Gasteiger partial charge on any atom is -0.466 e. The van der Waals surface area contributed by atoms with E-state index in [0.29, 0.717) is 25.9 Å². The van der Waals surface area contributed by atoms with Gasteiger partial charge in [-0.15, -0.1) is 0 Å². The van der Waals surface area contributed by atoms with E-state index in [9.17, 15) is 19.8 Å². The van der Waals surface area contributed by atoms with E-state index in [2.05, 4.69) is 19.2 Å². The number of aliphatic hydroxyl groups is 2. The molecule has 6 nitrogen and oxygen atoms in total. The summed E-state index contributed by atoms with van der Waals surface area (Å²) in [5.74, 6) is -0.0412. The lowest BCUT2D eigenvalue weighted by molar-refractivity contribution is -0.143. The molecule has 3 N–H and O–H groups in total. The summed E-state index contributed by atoms with van der Waals surface area (Å²) in [6.45, 7) is 4.95. The summed E-state index contributed by atoms with van der Waals surface area (Å²) in [6.07, 6.45) is 58.0. The van der Waals surface area contributed by atoms with Crippen LogP contribution in [0.2, 0.25) is 0 Å². The topological polar surface area (TPSA) is 95.9 Å². The van der Waals surface area contributed by atoms with Crippen LogP contribution in [0.1, 0.15) is 316 Å². The predicted molar refractivity (Wildman–Crippen MR) is 264 cm³/mol. The van der Waals surface area contributed by atoms with Crippen LogP contribution in [-0.2, 0) is 14.3 Å². The minimum atomic E-state index is -0.668. The van der Waals surface area contributed by atoms with Crippen LogP contribution in [0.3, 0.4) is 0 Å². The van der Waals surface area contributed by atoms with E-state index in [4.69, 9.17) is 4.74 Å². The fourth-order valence-corrected chi connectivity index (χ4v) is 8.88. The molecule has 61 heavy (non-hydrogen) atoms. The zero-order chi connectivity index (χ0) is 44.4. The summed E-state index contributed by atoms with van der Waals surface area (Å²) < 4.78 is 5.48. The lowest BCUT2D eigenvalue weighted by Gasteiger charge is -2.22. The number of carbonyl (C=O) groups excluding carboxylic acids is 2. The summed E-state index contributed by atoms with van der Waals surface area (Å²) in [6, 6.07) is -0.547.